The van der Waals surface area contributed by atoms with Gasteiger partial charge in [-0.05, 0) is 24.3 Å². The van der Waals surface area contributed by atoms with E-state index in [1.165, 1.54) is 10.9 Å². The number of halogens is 4. The molecule has 11 heteroatoms. The molecule has 2 aromatic heterocycles. The highest BCUT2D eigenvalue weighted by Crippen LogP contribution is 2.33. The predicted octanol–water partition coefficient (Wildman–Crippen LogP) is 3.70. The van der Waals surface area contributed by atoms with Gasteiger partial charge in [-0.25, -0.2) is 4.98 Å². The Morgan fingerprint density at radius 1 is 1.06 bits per heavy atom. The van der Waals surface area contributed by atoms with Crippen LogP contribution in [-0.4, -0.2) is 57.0 Å². The zero-order chi connectivity index (χ0) is 22.7. The Morgan fingerprint density at radius 3 is 2.44 bits per heavy atom. The highest BCUT2D eigenvalue weighted by Gasteiger charge is 2.32. The van der Waals surface area contributed by atoms with Crippen molar-refractivity contribution in [3.8, 4) is 5.69 Å². The van der Waals surface area contributed by atoms with Gasteiger partial charge in [0.25, 0.3) is 0 Å². The summed E-state index contributed by atoms with van der Waals surface area (Å²) in [6.45, 7) is 1.58. The molecule has 0 unspecified atom stereocenters. The molecule has 7 nitrogen and oxygen atoms in total. The largest absolute Gasteiger partial charge is 0.417 e. The lowest BCUT2D eigenvalue weighted by Gasteiger charge is -2.35. The normalized spacial score (nSPS) is 14.9. The number of amides is 1. The summed E-state index contributed by atoms with van der Waals surface area (Å²) >= 11 is 6.02. The quantitative estimate of drug-likeness (QED) is 0.553. The van der Waals surface area contributed by atoms with Crippen molar-refractivity contribution in [2.24, 2.45) is 0 Å². The van der Waals surface area contributed by atoms with Crippen LogP contribution in [0.3, 0.4) is 0 Å². The summed E-state index contributed by atoms with van der Waals surface area (Å²) in [6, 6.07) is 10.3. The van der Waals surface area contributed by atoms with Gasteiger partial charge in [0.2, 0.25) is 5.91 Å². The fourth-order valence-electron chi connectivity index (χ4n) is 3.26. The zero-order valence-electron chi connectivity index (χ0n) is 16.7. The minimum atomic E-state index is -4.50. The van der Waals surface area contributed by atoms with Gasteiger partial charge in [0, 0.05) is 38.5 Å². The molecular formula is C21H18ClF3N6O. The van der Waals surface area contributed by atoms with E-state index in [2.05, 4.69) is 15.2 Å². The lowest BCUT2D eigenvalue weighted by Crippen LogP contribution is -2.48. The van der Waals surface area contributed by atoms with Crippen molar-refractivity contribution in [1.82, 2.24) is 24.9 Å². The van der Waals surface area contributed by atoms with E-state index in [9.17, 15) is 18.0 Å². The summed E-state index contributed by atoms with van der Waals surface area (Å²) in [7, 11) is 0. The average molecular weight is 463 g/mol. The molecule has 0 aliphatic carbocycles. The Kier molecular flexibility index (Phi) is 6.13. The van der Waals surface area contributed by atoms with Gasteiger partial charge < -0.3 is 9.80 Å². The van der Waals surface area contributed by atoms with Crippen molar-refractivity contribution in [2.75, 3.05) is 31.1 Å². The second-order valence-corrected chi connectivity index (χ2v) is 7.47. The third-order valence-electron chi connectivity index (χ3n) is 4.93. The first kappa shape index (κ1) is 21.8. The van der Waals surface area contributed by atoms with Crippen LogP contribution in [0.15, 0.2) is 54.9 Å². The van der Waals surface area contributed by atoms with Gasteiger partial charge in [-0.2, -0.15) is 23.1 Å². The standard InChI is InChI=1S/C21H18ClF3N6O/c22-18-12-15(21(23,24)25)13-26-20(18)30-10-8-29(9-11-30)19(32)7-6-16-14-27-31(28-16)17-4-2-1-3-5-17/h1-7,12-14H,8-11H2. The molecule has 1 amide bonds. The number of carbonyl (C=O) groups excluding carboxylic acids is 1. The minimum Gasteiger partial charge on any atom is -0.352 e. The van der Waals surface area contributed by atoms with Crippen LogP contribution in [0.4, 0.5) is 19.0 Å². The molecule has 0 atom stereocenters. The molecular weight excluding hydrogens is 445 g/mol. The number of hydrogen-bond donors (Lipinski definition) is 0. The number of para-hydroxylation sites is 1. The second kappa shape index (κ2) is 8.99. The van der Waals surface area contributed by atoms with Crippen molar-refractivity contribution in [3.05, 3.63) is 71.1 Å². The van der Waals surface area contributed by atoms with E-state index in [4.69, 9.17) is 11.6 Å². The van der Waals surface area contributed by atoms with Crippen molar-refractivity contribution in [1.29, 1.82) is 0 Å². The first-order valence-corrected chi connectivity index (χ1v) is 10.1. The van der Waals surface area contributed by atoms with Crippen molar-refractivity contribution in [2.45, 2.75) is 6.18 Å². The molecule has 32 heavy (non-hydrogen) atoms. The van der Waals surface area contributed by atoms with Crippen molar-refractivity contribution >= 4 is 29.4 Å². The van der Waals surface area contributed by atoms with E-state index < -0.39 is 11.7 Å². The fourth-order valence-corrected chi connectivity index (χ4v) is 3.54. The van der Waals surface area contributed by atoms with E-state index in [1.807, 2.05) is 30.3 Å². The lowest BCUT2D eigenvalue weighted by molar-refractivity contribution is -0.137. The molecule has 1 aliphatic rings. The number of benzene rings is 1. The van der Waals surface area contributed by atoms with Gasteiger partial charge in [-0.1, -0.05) is 29.8 Å². The molecule has 1 fully saturated rings. The molecule has 3 heterocycles. The lowest BCUT2D eigenvalue weighted by atomic mass is 10.2. The Balaban J connectivity index is 1.34. The monoisotopic (exact) mass is 462 g/mol. The number of alkyl halides is 3. The highest BCUT2D eigenvalue weighted by atomic mass is 35.5. The number of anilines is 1. The zero-order valence-corrected chi connectivity index (χ0v) is 17.5. The number of pyridine rings is 1. The third-order valence-corrected chi connectivity index (χ3v) is 5.21. The molecule has 3 aromatic rings. The topological polar surface area (TPSA) is 67.2 Å². The summed E-state index contributed by atoms with van der Waals surface area (Å²) in [6.07, 6.45) is 0.851. The highest BCUT2D eigenvalue weighted by molar-refractivity contribution is 6.33. The maximum absolute atomic E-state index is 12.8. The van der Waals surface area contributed by atoms with Crippen LogP contribution in [0.2, 0.25) is 5.02 Å². The van der Waals surface area contributed by atoms with E-state index in [1.54, 1.807) is 22.1 Å². The number of hydrogen-bond acceptors (Lipinski definition) is 5. The summed E-state index contributed by atoms with van der Waals surface area (Å²) in [5.41, 5.74) is 0.459. The van der Waals surface area contributed by atoms with E-state index >= 15 is 0 Å². The molecule has 1 saturated heterocycles. The molecule has 4 rings (SSSR count). The predicted molar refractivity (Wildman–Crippen MR) is 113 cm³/mol. The van der Waals surface area contributed by atoms with Crippen molar-refractivity contribution in [3.63, 3.8) is 0 Å². The van der Waals surface area contributed by atoms with Gasteiger partial charge in [-0.15, -0.1) is 5.10 Å². The average Bonchev–Trinajstić information content (AvgIpc) is 3.27. The Labute approximate surface area is 186 Å². The fraction of sp³-hybridized carbons (Fsp3) is 0.238. The van der Waals surface area contributed by atoms with Crippen LogP contribution >= 0.6 is 11.6 Å². The van der Waals surface area contributed by atoms with Gasteiger partial charge >= 0.3 is 6.18 Å². The van der Waals surface area contributed by atoms with Crippen LogP contribution in [-0.2, 0) is 11.0 Å². The molecule has 0 spiro atoms. The Hall–Kier alpha value is -3.40. The summed E-state index contributed by atoms with van der Waals surface area (Å²) in [5.74, 6) is 0.0882. The maximum Gasteiger partial charge on any atom is 0.417 e. The van der Waals surface area contributed by atoms with E-state index in [0.29, 0.717) is 31.9 Å². The molecule has 0 radical (unpaired) electrons. The number of piperazine rings is 1. The first-order chi connectivity index (χ1) is 15.3. The Bertz CT molecular complexity index is 1120. The van der Waals surface area contributed by atoms with Crippen LogP contribution in [0.5, 0.6) is 0 Å². The molecule has 1 aromatic carbocycles. The summed E-state index contributed by atoms with van der Waals surface area (Å²) in [4.78, 5) is 21.3. The number of rotatable bonds is 4. The molecule has 1 aliphatic heterocycles. The third kappa shape index (κ3) is 4.91. The molecule has 166 valence electrons. The van der Waals surface area contributed by atoms with Gasteiger partial charge in [0.15, 0.2) is 0 Å². The van der Waals surface area contributed by atoms with E-state index in [-0.39, 0.29) is 16.7 Å². The van der Waals surface area contributed by atoms with Crippen LogP contribution in [0.1, 0.15) is 11.3 Å². The van der Waals surface area contributed by atoms with E-state index in [0.717, 1.165) is 18.0 Å². The molecule has 0 N–H and O–H groups in total. The van der Waals surface area contributed by atoms with Gasteiger partial charge in [0.1, 0.15) is 11.5 Å². The molecule has 0 saturated carbocycles. The smallest absolute Gasteiger partial charge is 0.352 e. The van der Waals surface area contributed by atoms with Gasteiger partial charge in [0.05, 0.1) is 22.5 Å². The number of carbonyl (C=O) groups is 1. The summed E-state index contributed by atoms with van der Waals surface area (Å²) < 4.78 is 38.4. The van der Waals surface area contributed by atoms with Crippen LogP contribution < -0.4 is 4.90 Å². The first-order valence-electron chi connectivity index (χ1n) is 9.74. The SMILES string of the molecule is O=C(C=Cc1cnn(-c2ccccc2)n1)N1CCN(c2ncc(C(F)(F)F)cc2Cl)CC1. The minimum absolute atomic E-state index is 0.0685. The van der Waals surface area contributed by atoms with Crippen LogP contribution in [0, 0.1) is 0 Å². The van der Waals surface area contributed by atoms with Crippen LogP contribution in [0.25, 0.3) is 11.8 Å². The molecule has 0 bridgehead atoms. The summed E-state index contributed by atoms with van der Waals surface area (Å²) in [5, 5.41) is 8.43. The van der Waals surface area contributed by atoms with Crippen molar-refractivity contribution < 1.29 is 18.0 Å². The van der Waals surface area contributed by atoms with Gasteiger partial charge in [-0.3, -0.25) is 4.79 Å². The number of aromatic nitrogens is 4. The Morgan fingerprint density at radius 2 is 1.78 bits per heavy atom. The number of nitrogens with zero attached hydrogens (tertiary/aromatic N) is 6. The maximum atomic E-state index is 12.8. The second-order valence-electron chi connectivity index (χ2n) is 7.07.